The zero-order chi connectivity index (χ0) is 20.6. The molecule has 1 amide bonds. The number of amides is 1. The molecule has 3 rings (SSSR count). The van der Waals surface area contributed by atoms with Gasteiger partial charge in [-0.05, 0) is 36.5 Å². The lowest BCUT2D eigenvalue weighted by Crippen LogP contribution is -2.31. The predicted octanol–water partition coefficient (Wildman–Crippen LogP) is 2.65. The zero-order valence-corrected chi connectivity index (χ0v) is 16.5. The number of nitrogens with one attached hydrogen (secondary N) is 2. The standard InChI is InChI=1S/C23H25N3O3/c1-17-16-26(23(29)25-22(17)28)14-6-5-13-24-21(27)15-18-9-11-20(12-10-18)19-7-3-2-4-8-19/h2-4,7-12,16H,5-6,13-15H2,1H3,(H,24,27)(H,25,28,29). The number of aryl methyl sites for hydroxylation is 2. The average Bonchev–Trinajstić information content (AvgIpc) is 2.72. The number of hydrogen-bond acceptors (Lipinski definition) is 3. The molecule has 1 aromatic heterocycles. The molecule has 1 heterocycles. The maximum atomic E-state index is 12.1. The normalized spacial score (nSPS) is 10.7. The molecule has 0 aliphatic heterocycles. The second kappa shape index (κ2) is 9.68. The van der Waals surface area contributed by atoms with Gasteiger partial charge in [-0.2, -0.15) is 0 Å². The third-order valence-corrected chi connectivity index (χ3v) is 4.76. The highest BCUT2D eigenvalue weighted by Crippen LogP contribution is 2.19. The van der Waals surface area contributed by atoms with Crippen LogP contribution < -0.4 is 16.6 Å². The maximum absolute atomic E-state index is 12.1. The third-order valence-electron chi connectivity index (χ3n) is 4.76. The number of rotatable bonds is 8. The highest BCUT2D eigenvalue weighted by Gasteiger charge is 2.05. The summed E-state index contributed by atoms with van der Waals surface area (Å²) in [5, 5.41) is 2.91. The van der Waals surface area contributed by atoms with Crippen molar-refractivity contribution >= 4 is 5.91 Å². The number of benzene rings is 2. The van der Waals surface area contributed by atoms with Gasteiger partial charge in [0.25, 0.3) is 5.56 Å². The Morgan fingerprint density at radius 1 is 0.966 bits per heavy atom. The number of unbranched alkanes of at least 4 members (excludes halogenated alkanes) is 1. The van der Waals surface area contributed by atoms with Crippen molar-refractivity contribution in [2.45, 2.75) is 32.7 Å². The van der Waals surface area contributed by atoms with Gasteiger partial charge in [-0.3, -0.25) is 14.6 Å². The monoisotopic (exact) mass is 391 g/mol. The van der Waals surface area contributed by atoms with Crippen molar-refractivity contribution in [2.24, 2.45) is 0 Å². The summed E-state index contributed by atoms with van der Waals surface area (Å²) in [6.07, 6.45) is 3.40. The van der Waals surface area contributed by atoms with Gasteiger partial charge in [0.1, 0.15) is 0 Å². The first-order valence-electron chi connectivity index (χ1n) is 9.74. The van der Waals surface area contributed by atoms with Gasteiger partial charge in [0.05, 0.1) is 6.42 Å². The van der Waals surface area contributed by atoms with Gasteiger partial charge >= 0.3 is 5.69 Å². The van der Waals surface area contributed by atoms with E-state index in [0.717, 1.165) is 29.5 Å². The van der Waals surface area contributed by atoms with Crippen LogP contribution in [0.1, 0.15) is 24.0 Å². The number of carbonyl (C=O) groups excluding carboxylic acids is 1. The molecule has 0 radical (unpaired) electrons. The molecule has 0 spiro atoms. The largest absolute Gasteiger partial charge is 0.356 e. The Morgan fingerprint density at radius 2 is 1.66 bits per heavy atom. The van der Waals surface area contributed by atoms with Gasteiger partial charge in [-0.15, -0.1) is 0 Å². The van der Waals surface area contributed by atoms with Gasteiger partial charge < -0.3 is 9.88 Å². The van der Waals surface area contributed by atoms with E-state index in [1.54, 1.807) is 13.1 Å². The van der Waals surface area contributed by atoms with Gasteiger partial charge in [-0.1, -0.05) is 54.6 Å². The minimum Gasteiger partial charge on any atom is -0.356 e. The second-order valence-electron chi connectivity index (χ2n) is 7.06. The van der Waals surface area contributed by atoms with E-state index in [-0.39, 0.29) is 11.5 Å². The summed E-state index contributed by atoms with van der Waals surface area (Å²) in [5.74, 6) is -0.0190. The van der Waals surface area contributed by atoms with E-state index in [9.17, 15) is 14.4 Å². The average molecular weight is 391 g/mol. The molecule has 0 aliphatic rings. The van der Waals surface area contributed by atoms with Gasteiger partial charge in [0, 0.05) is 24.8 Å². The lowest BCUT2D eigenvalue weighted by Gasteiger charge is -2.08. The molecular weight excluding hydrogens is 366 g/mol. The molecule has 0 atom stereocenters. The van der Waals surface area contributed by atoms with Gasteiger partial charge in [0.2, 0.25) is 5.91 Å². The van der Waals surface area contributed by atoms with Crippen LogP contribution in [0, 0.1) is 6.92 Å². The van der Waals surface area contributed by atoms with Crippen molar-refractivity contribution < 1.29 is 4.79 Å². The molecule has 6 heteroatoms. The van der Waals surface area contributed by atoms with E-state index >= 15 is 0 Å². The first-order chi connectivity index (χ1) is 14.0. The fourth-order valence-corrected chi connectivity index (χ4v) is 3.11. The lowest BCUT2D eigenvalue weighted by molar-refractivity contribution is -0.120. The third kappa shape index (κ3) is 5.78. The molecule has 29 heavy (non-hydrogen) atoms. The minimum atomic E-state index is -0.399. The van der Waals surface area contributed by atoms with E-state index in [2.05, 4.69) is 22.4 Å². The first-order valence-corrected chi connectivity index (χ1v) is 9.74. The summed E-state index contributed by atoms with van der Waals surface area (Å²) in [6.45, 7) is 2.73. The van der Waals surface area contributed by atoms with Crippen LogP contribution in [0.15, 0.2) is 70.4 Å². The summed E-state index contributed by atoms with van der Waals surface area (Å²) in [4.78, 5) is 37.5. The molecule has 0 unspecified atom stereocenters. The van der Waals surface area contributed by atoms with E-state index in [0.29, 0.717) is 25.1 Å². The minimum absolute atomic E-state index is 0.0190. The van der Waals surface area contributed by atoms with Crippen LogP contribution in [0.2, 0.25) is 0 Å². The fourth-order valence-electron chi connectivity index (χ4n) is 3.11. The van der Waals surface area contributed by atoms with Crippen LogP contribution in [-0.2, 0) is 17.8 Å². The first kappa shape index (κ1) is 20.3. The number of aromatic amines is 1. The molecule has 0 bridgehead atoms. The molecule has 0 aliphatic carbocycles. The van der Waals surface area contributed by atoms with E-state index < -0.39 is 5.69 Å². The summed E-state index contributed by atoms with van der Waals surface area (Å²) < 4.78 is 1.49. The van der Waals surface area contributed by atoms with Crippen molar-refractivity contribution in [3.05, 3.63) is 92.8 Å². The quantitative estimate of drug-likeness (QED) is 0.579. The number of carbonyl (C=O) groups is 1. The Balaban J connectivity index is 1.41. The summed E-state index contributed by atoms with van der Waals surface area (Å²) in [6, 6.07) is 18.1. The predicted molar refractivity (Wildman–Crippen MR) is 114 cm³/mol. The van der Waals surface area contributed by atoms with Crippen molar-refractivity contribution in [3.8, 4) is 11.1 Å². The summed E-state index contributed by atoms with van der Waals surface area (Å²) in [7, 11) is 0. The molecule has 150 valence electrons. The molecule has 0 saturated heterocycles. The van der Waals surface area contributed by atoms with Crippen LogP contribution in [-0.4, -0.2) is 22.0 Å². The van der Waals surface area contributed by atoms with E-state index in [1.165, 1.54) is 4.57 Å². The smallest absolute Gasteiger partial charge is 0.328 e. The number of nitrogens with zero attached hydrogens (tertiary/aromatic N) is 1. The number of hydrogen-bond donors (Lipinski definition) is 2. The van der Waals surface area contributed by atoms with Crippen molar-refractivity contribution in [1.29, 1.82) is 0 Å². The molecule has 2 N–H and O–H groups in total. The van der Waals surface area contributed by atoms with Crippen molar-refractivity contribution in [2.75, 3.05) is 6.54 Å². The van der Waals surface area contributed by atoms with Gasteiger partial charge in [0.15, 0.2) is 0 Å². The van der Waals surface area contributed by atoms with Crippen LogP contribution in [0.5, 0.6) is 0 Å². The molecular formula is C23H25N3O3. The molecule has 3 aromatic rings. The summed E-state index contributed by atoms with van der Waals surface area (Å²) >= 11 is 0. The van der Waals surface area contributed by atoms with Gasteiger partial charge in [-0.25, -0.2) is 4.79 Å². The Bertz CT molecular complexity index is 1070. The molecule has 0 fully saturated rings. The SMILES string of the molecule is Cc1cn(CCCCNC(=O)Cc2ccc(-c3ccccc3)cc2)c(=O)[nH]c1=O. The number of H-pyrrole nitrogens is 1. The topological polar surface area (TPSA) is 84.0 Å². The Morgan fingerprint density at radius 3 is 2.38 bits per heavy atom. The van der Waals surface area contributed by atoms with Crippen molar-refractivity contribution in [1.82, 2.24) is 14.9 Å². The fraction of sp³-hybridized carbons (Fsp3) is 0.261. The summed E-state index contributed by atoms with van der Waals surface area (Å²) in [5.41, 5.74) is 3.01. The van der Waals surface area contributed by atoms with Crippen LogP contribution in [0.3, 0.4) is 0 Å². The zero-order valence-electron chi connectivity index (χ0n) is 16.5. The number of aromatic nitrogens is 2. The van der Waals surface area contributed by atoms with Crippen LogP contribution >= 0.6 is 0 Å². The van der Waals surface area contributed by atoms with Crippen LogP contribution in [0.25, 0.3) is 11.1 Å². The maximum Gasteiger partial charge on any atom is 0.328 e. The second-order valence-corrected chi connectivity index (χ2v) is 7.06. The van der Waals surface area contributed by atoms with E-state index in [4.69, 9.17) is 0 Å². The van der Waals surface area contributed by atoms with E-state index in [1.807, 2.05) is 42.5 Å². The van der Waals surface area contributed by atoms with Crippen LogP contribution in [0.4, 0.5) is 0 Å². The molecule has 6 nitrogen and oxygen atoms in total. The molecule has 0 saturated carbocycles. The Hall–Kier alpha value is -3.41. The highest BCUT2D eigenvalue weighted by molar-refractivity contribution is 5.78. The highest BCUT2D eigenvalue weighted by atomic mass is 16.2. The Labute approximate surface area is 169 Å². The Kier molecular flexibility index (Phi) is 6.79. The molecule has 2 aromatic carbocycles. The lowest BCUT2D eigenvalue weighted by atomic mass is 10.0. The van der Waals surface area contributed by atoms with Crippen molar-refractivity contribution in [3.63, 3.8) is 0 Å².